The fourth-order valence-electron chi connectivity index (χ4n) is 2.43. The molecule has 2 aromatic carbocycles. The third kappa shape index (κ3) is 4.37. The van der Waals surface area contributed by atoms with E-state index in [0.29, 0.717) is 29.7 Å². The van der Waals surface area contributed by atoms with Crippen molar-refractivity contribution in [3.8, 4) is 17.2 Å². The molecule has 25 heavy (non-hydrogen) atoms. The molecule has 0 saturated carbocycles. The Morgan fingerprint density at radius 3 is 2.60 bits per heavy atom. The molecule has 2 aromatic rings. The van der Waals surface area contributed by atoms with Crippen LogP contribution in [0.4, 0.5) is 0 Å². The number of ether oxygens (including phenoxy) is 3. The minimum absolute atomic E-state index is 0.232. The second-order valence-corrected chi connectivity index (χ2v) is 6.71. The van der Waals surface area contributed by atoms with Crippen molar-refractivity contribution in [3.63, 3.8) is 0 Å². The van der Waals surface area contributed by atoms with E-state index in [0.717, 1.165) is 5.75 Å². The molecule has 1 atom stereocenters. The topological polar surface area (TPSA) is 56.8 Å². The summed E-state index contributed by atoms with van der Waals surface area (Å²) in [5, 5.41) is 3.48. The lowest BCUT2D eigenvalue weighted by atomic mass is 10.1. The second-order valence-electron chi connectivity index (χ2n) is 6.27. The van der Waals surface area contributed by atoms with E-state index in [1.165, 1.54) is 0 Å². The van der Waals surface area contributed by atoms with Gasteiger partial charge in [0, 0.05) is 5.02 Å². The lowest BCUT2D eigenvalue weighted by molar-refractivity contribution is -0.134. The molecule has 0 saturated heterocycles. The Morgan fingerprint density at radius 2 is 1.88 bits per heavy atom. The highest BCUT2D eigenvalue weighted by Gasteiger charge is 2.31. The maximum absolute atomic E-state index is 12.5. The van der Waals surface area contributed by atoms with Crippen LogP contribution in [0.1, 0.15) is 13.8 Å². The molecule has 0 aromatic heterocycles. The first-order valence-corrected chi connectivity index (χ1v) is 8.43. The third-order valence-electron chi connectivity index (χ3n) is 3.79. The van der Waals surface area contributed by atoms with Gasteiger partial charge in [0.2, 0.25) is 0 Å². The molecule has 0 unspecified atom stereocenters. The van der Waals surface area contributed by atoms with E-state index < -0.39 is 5.60 Å². The maximum atomic E-state index is 12.5. The minimum atomic E-state index is -1.03. The van der Waals surface area contributed by atoms with Crippen LogP contribution in [0.2, 0.25) is 5.02 Å². The molecule has 1 amide bonds. The van der Waals surface area contributed by atoms with Crippen LogP contribution in [0.5, 0.6) is 17.2 Å². The van der Waals surface area contributed by atoms with Crippen LogP contribution in [-0.2, 0) is 4.79 Å². The number of hydrogen-bond donors (Lipinski definition) is 1. The van der Waals surface area contributed by atoms with Gasteiger partial charge < -0.3 is 19.5 Å². The van der Waals surface area contributed by atoms with Gasteiger partial charge in [-0.1, -0.05) is 23.7 Å². The molecule has 6 heteroatoms. The van der Waals surface area contributed by atoms with Crippen molar-refractivity contribution in [1.82, 2.24) is 5.32 Å². The van der Waals surface area contributed by atoms with Crippen molar-refractivity contribution < 1.29 is 19.0 Å². The lowest BCUT2D eigenvalue weighted by Gasteiger charge is -2.29. The van der Waals surface area contributed by atoms with Gasteiger partial charge in [-0.25, -0.2) is 0 Å². The lowest BCUT2D eigenvalue weighted by Crippen LogP contribution is -2.50. The van der Waals surface area contributed by atoms with Gasteiger partial charge in [0.1, 0.15) is 18.5 Å². The number of para-hydroxylation sites is 2. The Kier molecular flexibility index (Phi) is 5.04. The molecule has 0 spiro atoms. The van der Waals surface area contributed by atoms with Crippen molar-refractivity contribution in [1.29, 1.82) is 0 Å². The zero-order valence-electron chi connectivity index (χ0n) is 14.1. The largest absolute Gasteiger partial charge is 0.486 e. The third-order valence-corrected chi connectivity index (χ3v) is 4.04. The van der Waals surface area contributed by atoms with Gasteiger partial charge in [0.05, 0.1) is 6.54 Å². The molecular formula is C19H20ClNO4. The van der Waals surface area contributed by atoms with Gasteiger partial charge in [-0.15, -0.1) is 0 Å². The minimum Gasteiger partial charge on any atom is -0.486 e. The monoisotopic (exact) mass is 361 g/mol. The number of fused-ring (bicyclic) bond motifs is 1. The Hall–Kier alpha value is -2.40. The van der Waals surface area contributed by atoms with Crippen LogP contribution in [0, 0.1) is 0 Å². The fourth-order valence-corrected chi connectivity index (χ4v) is 2.55. The number of nitrogens with one attached hydrogen (secondary N) is 1. The quantitative estimate of drug-likeness (QED) is 0.886. The highest BCUT2D eigenvalue weighted by molar-refractivity contribution is 6.30. The molecule has 1 aliphatic heterocycles. The van der Waals surface area contributed by atoms with E-state index in [2.05, 4.69) is 5.32 Å². The summed E-state index contributed by atoms with van der Waals surface area (Å²) in [5.41, 5.74) is -1.03. The fraction of sp³-hybridized carbons (Fsp3) is 0.316. The first kappa shape index (κ1) is 17.4. The van der Waals surface area contributed by atoms with Crippen molar-refractivity contribution in [2.75, 3.05) is 13.2 Å². The second kappa shape index (κ2) is 7.23. The number of amides is 1. The standard InChI is InChI=1S/C19H20ClNO4/c1-19(2,25-14-9-7-13(20)8-10-14)18(22)21-11-15-12-23-16-5-3-4-6-17(16)24-15/h3-10,15H,11-12H2,1-2H3,(H,21,22)/t15-/m0/s1. The summed E-state index contributed by atoms with van der Waals surface area (Å²) in [6.45, 7) is 4.14. The SMILES string of the molecule is CC(C)(Oc1ccc(Cl)cc1)C(=O)NC[C@H]1COc2ccccc2O1. The van der Waals surface area contributed by atoms with Crippen LogP contribution < -0.4 is 19.5 Å². The molecule has 132 valence electrons. The van der Waals surface area contributed by atoms with Gasteiger partial charge >= 0.3 is 0 Å². The molecule has 1 N–H and O–H groups in total. The molecule has 0 bridgehead atoms. The van der Waals surface area contributed by atoms with Crippen molar-refractivity contribution in [3.05, 3.63) is 53.6 Å². The van der Waals surface area contributed by atoms with Crippen molar-refractivity contribution >= 4 is 17.5 Å². The summed E-state index contributed by atoms with van der Waals surface area (Å²) in [6.07, 6.45) is -0.245. The summed E-state index contributed by atoms with van der Waals surface area (Å²) in [4.78, 5) is 12.5. The zero-order valence-corrected chi connectivity index (χ0v) is 14.9. The highest BCUT2D eigenvalue weighted by atomic mass is 35.5. The highest BCUT2D eigenvalue weighted by Crippen LogP contribution is 2.30. The molecule has 0 radical (unpaired) electrons. The van der Waals surface area contributed by atoms with Crippen LogP contribution >= 0.6 is 11.6 Å². The molecule has 0 fully saturated rings. The molecule has 0 aliphatic carbocycles. The Morgan fingerprint density at radius 1 is 1.20 bits per heavy atom. The molecule has 1 aliphatic rings. The number of hydrogen-bond acceptors (Lipinski definition) is 4. The number of rotatable bonds is 5. The molecule has 3 rings (SSSR count). The van der Waals surface area contributed by atoms with E-state index in [4.69, 9.17) is 25.8 Å². The van der Waals surface area contributed by atoms with Gasteiger partial charge in [-0.3, -0.25) is 4.79 Å². The Balaban J connectivity index is 1.54. The average Bonchev–Trinajstić information content (AvgIpc) is 2.61. The number of carbonyl (C=O) groups excluding carboxylic acids is 1. The smallest absolute Gasteiger partial charge is 0.263 e. The molecule has 1 heterocycles. The first-order valence-electron chi connectivity index (χ1n) is 8.05. The molecule has 5 nitrogen and oxygen atoms in total. The van der Waals surface area contributed by atoms with Crippen LogP contribution in [0.25, 0.3) is 0 Å². The van der Waals surface area contributed by atoms with Crippen molar-refractivity contribution in [2.24, 2.45) is 0 Å². The first-order chi connectivity index (χ1) is 11.9. The van der Waals surface area contributed by atoms with E-state index in [1.54, 1.807) is 38.1 Å². The average molecular weight is 362 g/mol. The van der Waals surface area contributed by atoms with Crippen LogP contribution in [-0.4, -0.2) is 30.8 Å². The zero-order chi connectivity index (χ0) is 17.9. The van der Waals surface area contributed by atoms with E-state index >= 15 is 0 Å². The summed E-state index contributed by atoms with van der Waals surface area (Å²) in [7, 11) is 0. The van der Waals surface area contributed by atoms with Crippen molar-refractivity contribution in [2.45, 2.75) is 25.6 Å². The van der Waals surface area contributed by atoms with Crippen LogP contribution in [0.3, 0.4) is 0 Å². The van der Waals surface area contributed by atoms with Gasteiger partial charge in [0.25, 0.3) is 5.91 Å². The summed E-state index contributed by atoms with van der Waals surface area (Å²) in [5.74, 6) is 1.75. The Labute approximate surface area is 151 Å². The number of carbonyl (C=O) groups is 1. The predicted octanol–water partition coefficient (Wildman–Crippen LogP) is 3.45. The van der Waals surface area contributed by atoms with Gasteiger partial charge in [-0.05, 0) is 50.2 Å². The Bertz CT molecular complexity index is 745. The summed E-state index contributed by atoms with van der Waals surface area (Å²) < 4.78 is 17.2. The van der Waals surface area contributed by atoms with Gasteiger partial charge in [0.15, 0.2) is 17.1 Å². The van der Waals surface area contributed by atoms with E-state index in [-0.39, 0.29) is 12.0 Å². The predicted molar refractivity (Wildman–Crippen MR) is 95.5 cm³/mol. The molecular weight excluding hydrogens is 342 g/mol. The van der Waals surface area contributed by atoms with E-state index in [1.807, 2.05) is 24.3 Å². The van der Waals surface area contributed by atoms with E-state index in [9.17, 15) is 4.79 Å². The normalized spacial score (nSPS) is 16.2. The summed E-state index contributed by atoms with van der Waals surface area (Å²) >= 11 is 5.86. The number of benzene rings is 2. The van der Waals surface area contributed by atoms with Gasteiger partial charge in [-0.2, -0.15) is 0 Å². The summed E-state index contributed by atoms with van der Waals surface area (Å²) in [6, 6.07) is 14.4. The maximum Gasteiger partial charge on any atom is 0.263 e. The number of halogens is 1. The van der Waals surface area contributed by atoms with Crippen LogP contribution in [0.15, 0.2) is 48.5 Å².